The predicted molar refractivity (Wildman–Crippen MR) is 82.9 cm³/mol. The summed E-state index contributed by atoms with van der Waals surface area (Å²) < 4.78 is 6.91. The third-order valence-corrected chi connectivity index (χ3v) is 4.80. The second-order valence-electron chi connectivity index (χ2n) is 6.67. The summed E-state index contributed by atoms with van der Waals surface area (Å²) in [6.45, 7) is 3.57. The second kappa shape index (κ2) is 6.48. The van der Waals surface area contributed by atoms with Crippen LogP contribution in [0.3, 0.4) is 0 Å². The molecule has 1 aromatic rings. The van der Waals surface area contributed by atoms with Crippen LogP contribution in [0.5, 0.6) is 0 Å². The fourth-order valence-corrected chi connectivity index (χ4v) is 3.38. The quantitative estimate of drug-likeness (QED) is 0.859. The number of aliphatic hydroxyl groups is 1. The molecule has 1 unspecified atom stereocenters. The Hall–Kier alpha value is -1.24. The highest BCUT2D eigenvalue weighted by atomic mass is 16.5. The molecule has 0 bridgehead atoms. The lowest BCUT2D eigenvalue weighted by Gasteiger charge is -2.32. The molecule has 0 aromatic carbocycles. The Morgan fingerprint density at radius 1 is 1.41 bits per heavy atom. The van der Waals surface area contributed by atoms with Gasteiger partial charge in [-0.3, -0.25) is 4.79 Å². The number of nitrogens with zero attached hydrogens (tertiary/aromatic N) is 2. The lowest BCUT2D eigenvalue weighted by atomic mass is 9.90. The van der Waals surface area contributed by atoms with E-state index in [0.717, 1.165) is 31.4 Å². The van der Waals surface area contributed by atoms with Crippen molar-refractivity contribution in [2.24, 2.45) is 0 Å². The number of hydrogen-bond donors (Lipinski definition) is 2. The summed E-state index contributed by atoms with van der Waals surface area (Å²) in [5, 5.41) is 18.1. The number of nitrogens with one attached hydrogen (secondary N) is 1. The first-order valence-corrected chi connectivity index (χ1v) is 8.16. The van der Waals surface area contributed by atoms with Crippen LogP contribution in [0.15, 0.2) is 16.9 Å². The van der Waals surface area contributed by atoms with Crippen molar-refractivity contribution in [1.82, 2.24) is 15.1 Å². The molecule has 1 aliphatic heterocycles. The molecule has 2 aliphatic rings. The zero-order valence-corrected chi connectivity index (χ0v) is 13.1. The van der Waals surface area contributed by atoms with Crippen LogP contribution in [0, 0.1) is 6.92 Å². The normalized spacial score (nSPS) is 32.3. The maximum Gasteiger partial charge on any atom is 0.267 e. The van der Waals surface area contributed by atoms with Gasteiger partial charge in [-0.25, -0.2) is 4.68 Å². The van der Waals surface area contributed by atoms with Gasteiger partial charge in [-0.05, 0) is 38.7 Å². The van der Waals surface area contributed by atoms with Gasteiger partial charge in [-0.2, -0.15) is 5.10 Å². The average molecular weight is 307 g/mol. The standard InChI is InChI=1S/C16H25N3O3/c1-12-2-7-15(20)19(18-12)14-5-3-13(4-6-14)17-10-16(21)8-9-22-11-16/h2,7,13-14,17,21H,3-6,8-11H2,1H3. The van der Waals surface area contributed by atoms with Crippen molar-refractivity contribution in [3.8, 4) is 0 Å². The zero-order valence-electron chi connectivity index (χ0n) is 13.1. The third kappa shape index (κ3) is 3.56. The van der Waals surface area contributed by atoms with E-state index in [1.54, 1.807) is 16.8 Å². The fraction of sp³-hybridized carbons (Fsp3) is 0.750. The Bertz CT molecular complexity index is 558. The van der Waals surface area contributed by atoms with Crippen molar-refractivity contribution in [1.29, 1.82) is 0 Å². The summed E-state index contributed by atoms with van der Waals surface area (Å²) in [6, 6.07) is 3.96. The summed E-state index contributed by atoms with van der Waals surface area (Å²) >= 11 is 0. The minimum absolute atomic E-state index is 0.0144. The summed E-state index contributed by atoms with van der Waals surface area (Å²) in [7, 11) is 0. The number of aromatic nitrogens is 2. The molecule has 6 heteroatoms. The van der Waals surface area contributed by atoms with Crippen LogP contribution in [-0.4, -0.2) is 46.3 Å². The summed E-state index contributed by atoms with van der Waals surface area (Å²) in [6.07, 6.45) is 4.61. The van der Waals surface area contributed by atoms with E-state index in [1.807, 2.05) is 6.92 Å². The smallest absolute Gasteiger partial charge is 0.267 e. The van der Waals surface area contributed by atoms with Crippen LogP contribution in [0.25, 0.3) is 0 Å². The zero-order chi connectivity index (χ0) is 15.6. The van der Waals surface area contributed by atoms with Crippen LogP contribution in [-0.2, 0) is 4.74 Å². The van der Waals surface area contributed by atoms with Gasteiger partial charge in [-0.1, -0.05) is 0 Å². The number of aryl methyl sites for hydroxylation is 1. The molecule has 6 nitrogen and oxygen atoms in total. The molecule has 1 aliphatic carbocycles. The Kier molecular flexibility index (Phi) is 4.61. The molecule has 2 heterocycles. The molecule has 1 aromatic heterocycles. The SMILES string of the molecule is Cc1ccc(=O)n(C2CCC(NCC3(O)CCOC3)CC2)n1. The van der Waals surface area contributed by atoms with Gasteiger partial charge in [0.25, 0.3) is 5.56 Å². The molecule has 0 radical (unpaired) electrons. The van der Waals surface area contributed by atoms with Gasteiger partial charge in [-0.15, -0.1) is 0 Å². The molecule has 0 spiro atoms. The van der Waals surface area contributed by atoms with Gasteiger partial charge < -0.3 is 15.2 Å². The first-order chi connectivity index (χ1) is 10.6. The monoisotopic (exact) mass is 307 g/mol. The van der Waals surface area contributed by atoms with E-state index >= 15 is 0 Å². The predicted octanol–water partition coefficient (Wildman–Crippen LogP) is 0.776. The molecule has 1 saturated carbocycles. The van der Waals surface area contributed by atoms with Gasteiger partial charge in [0.1, 0.15) is 5.60 Å². The fourth-order valence-electron chi connectivity index (χ4n) is 3.38. The van der Waals surface area contributed by atoms with E-state index in [2.05, 4.69) is 10.4 Å². The van der Waals surface area contributed by atoms with Gasteiger partial charge in [0, 0.05) is 31.7 Å². The first kappa shape index (κ1) is 15.6. The van der Waals surface area contributed by atoms with E-state index in [9.17, 15) is 9.90 Å². The van der Waals surface area contributed by atoms with Crippen molar-refractivity contribution < 1.29 is 9.84 Å². The summed E-state index contributed by atoms with van der Waals surface area (Å²) in [5.41, 5.74) is 0.161. The maximum absolute atomic E-state index is 11.9. The van der Waals surface area contributed by atoms with Gasteiger partial charge in [0.05, 0.1) is 18.3 Å². The summed E-state index contributed by atoms with van der Waals surface area (Å²) in [4.78, 5) is 11.9. The Balaban J connectivity index is 1.52. The van der Waals surface area contributed by atoms with Crippen molar-refractivity contribution in [3.05, 3.63) is 28.2 Å². The molecule has 3 rings (SSSR count). The van der Waals surface area contributed by atoms with Crippen molar-refractivity contribution in [2.75, 3.05) is 19.8 Å². The second-order valence-corrected chi connectivity index (χ2v) is 6.67. The van der Waals surface area contributed by atoms with E-state index in [1.165, 1.54) is 0 Å². The Labute approximate surface area is 130 Å². The van der Waals surface area contributed by atoms with Crippen molar-refractivity contribution in [3.63, 3.8) is 0 Å². The summed E-state index contributed by atoms with van der Waals surface area (Å²) in [5.74, 6) is 0. The first-order valence-electron chi connectivity index (χ1n) is 8.16. The van der Waals surface area contributed by atoms with Gasteiger partial charge >= 0.3 is 0 Å². The van der Waals surface area contributed by atoms with Crippen LogP contribution in [0.1, 0.15) is 43.8 Å². The van der Waals surface area contributed by atoms with Crippen LogP contribution >= 0.6 is 0 Å². The van der Waals surface area contributed by atoms with Crippen molar-refractivity contribution >= 4 is 0 Å². The Morgan fingerprint density at radius 3 is 2.86 bits per heavy atom. The highest BCUT2D eigenvalue weighted by Crippen LogP contribution is 2.27. The van der Waals surface area contributed by atoms with E-state index in [0.29, 0.717) is 32.2 Å². The molecule has 2 fully saturated rings. The van der Waals surface area contributed by atoms with Gasteiger partial charge in [0.2, 0.25) is 0 Å². The van der Waals surface area contributed by atoms with E-state index in [4.69, 9.17) is 4.74 Å². The number of hydrogen-bond acceptors (Lipinski definition) is 5. The van der Waals surface area contributed by atoms with Crippen molar-refractivity contribution in [2.45, 2.75) is 56.7 Å². The van der Waals surface area contributed by atoms with E-state index in [-0.39, 0.29) is 11.6 Å². The third-order valence-electron chi connectivity index (χ3n) is 4.80. The minimum atomic E-state index is -0.702. The topological polar surface area (TPSA) is 76.4 Å². The molecule has 22 heavy (non-hydrogen) atoms. The Morgan fingerprint density at radius 2 is 2.18 bits per heavy atom. The highest BCUT2D eigenvalue weighted by molar-refractivity contribution is 4.98. The lowest BCUT2D eigenvalue weighted by Crippen LogP contribution is -2.46. The molecule has 122 valence electrons. The van der Waals surface area contributed by atoms with Crippen LogP contribution in [0.2, 0.25) is 0 Å². The number of rotatable bonds is 4. The molecule has 0 amide bonds. The molecule has 1 atom stereocenters. The average Bonchev–Trinajstić information content (AvgIpc) is 2.96. The van der Waals surface area contributed by atoms with E-state index < -0.39 is 5.60 Å². The number of ether oxygens (including phenoxy) is 1. The maximum atomic E-state index is 11.9. The molecule has 2 N–H and O–H groups in total. The van der Waals surface area contributed by atoms with Gasteiger partial charge in [0.15, 0.2) is 0 Å². The van der Waals surface area contributed by atoms with Crippen LogP contribution < -0.4 is 10.9 Å². The molecular formula is C16H25N3O3. The molecule has 1 saturated heterocycles. The highest BCUT2D eigenvalue weighted by Gasteiger charge is 2.33. The lowest BCUT2D eigenvalue weighted by molar-refractivity contribution is 0.0232. The molecular weight excluding hydrogens is 282 g/mol. The van der Waals surface area contributed by atoms with Crippen LogP contribution in [0.4, 0.5) is 0 Å². The largest absolute Gasteiger partial charge is 0.386 e. The minimum Gasteiger partial charge on any atom is -0.386 e.